The molecule has 0 bridgehead atoms. The van der Waals surface area contributed by atoms with Crippen molar-refractivity contribution in [3.05, 3.63) is 46.1 Å². The van der Waals surface area contributed by atoms with Crippen molar-refractivity contribution in [2.24, 2.45) is 0 Å². The van der Waals surface area contributed by atoms with Crippen molar-refractivity contribution >= 4 is 26.0 Å². The molecule has 20 heavy (non-hydrogen) atoms. The smallest absolute Gasteiger partial charge is 0.242 e. The lowest BCUT2D eigenvalue weighted by molar-refractivity contribution is 0.496. The van der Waals surface area contributed by atoms with E-state index in [-0.39, 0.29) is 10.9 Å². The quantitative estimate of drug-likeness (QED) is 0.911. The second kappa shape index (κ2) is 5.67. The molecule has 108 valence electrons. The van der Waals surface area contributed by atoms with Crippen molar-refractivity contribution in [1.82, 2.24) is 9.71 Å². The molecule has 2 aromatic rings. The average molecular weight is 359 g/mol. The zero-order chi connectivity index (χ0) is 14.9. The highest BCUT2D eigenvalue weighted by Gasteiger charge is 2.21. The highest BCUT2D eigenvalue weighted by atomic mass is 79.9. The summed E-state index contributed by atoms with van der Waals surface area (Å²) in [4.78, 5) is 3.99. The van der Waals surface area contributed by atoms with E-state index in [1.54, 1.807) is 6.92 Å². The molecule has 2 heterocycles. The summed E-state index contributed by atoms with van der Waals surface area (Å²) in [5.41, 5.74) is 0.828. The molecule has 1 N–H and O–H groups in total. The van der Waals surface area contributed by atoms with Gasteiger partial charge in [-0.1, -0.05) is 0 Å². The second-order valence-corrected chi connectivity index (χ2v) is 7.18. The van der Waals surface area contributed by atoms with Crippen LogP contribution < -0.4 is 4.72 Å². The molecular formula is C13H15BrN2O3S. The van der Waals surface area contributed by atoms with Gasteiger partial charge in [-0.15, -0.1) is 0 Å². The van der Waals surface area contributed by atoms with Gasteiger partial charge in [-0.05, 0) is 48.8 Å². The van der Waals surface area contributed by atoms with Crippen LogP contribution in [0.4, 0.5) is 0 Å². The summed E-state index contributed by atoms with van der Waals surface area (Å²) >= 11 is 3.21. The molecule has 0 aliphatic rings. The molecule has 0 amide bonds. The summed E-state index contributed by atoms with van der Waals surface area (Å²) in [5.74, 6) is 1.47. The Kier molecular flexibility index (Phi) is 4.31. The fourth-order valence-corrected chi connectivity index (χ4v) is 3.71. The lowest BCUT2D eigenvalue weighted by atomic mass is 10.1. The Balaban J connectivity index is 2.26. The molecule has 0 aliphatic heterocycles. The number of hydrogen-bond donors (Lipinski definition) is 1. The van der Waals surface area contributed by atoms with Crippen molar-refractivity contribution in [2.75, 3.05) is 0 Å². The highest BCUT2D eigenvalue weighted by Crippen LogP contribution is 2.23. The molecule has 2 rings (SSSR count). The van der Waals surface area contributed by atoms with Crippen LogP contribution >= 0.6 is 15.9 Å². The van der Waals surface area contributed by atoms with Crippen molar-refractivity contribution < 1.29 is 12.8 Å². The minimum Gasteiger partial charge on any atom is -0.466 e. The van der Waals surface area contributed by atoms with E-state index in [2.05, 4.69) is 25.6 Å². The van der Waals surface area contributed by atoms with Crippen LogP contribution in [0.1, 0.15) is 30.0 Å². The summed E-state index contributed by atoms with van der Waals surface area (Å²) in [5, 5.41) is 0. The number of rotatable bonds is 4. The first-order chi connectivity index (χ1) is 9.29. The van der Waals surface area contributed by atoms with Crippen LogP contribution in [0.15, 0.2) is 38.3 Å². The third-order valence-electron chi connectivity index (χ3n) is 2.87. The van der Waals surface area contributed by atoms with E-state index < -0.39 is 10.0 Å². The number of aryl methyl sites for hydroxylation is 2. The van der Waals surface area contributed by atoms with Gasteiger partial charge in [0.15, 0.2) is 0 Å². The Morgan fingerprint density at radius 1 is 1.30 bits per heavy atom. The first-order valence-corrected chi connectivity index (χ1v) is 8.27. The SMILES string of the molecule is Cc1cc(C(C)NS(=O)(=O)c2cncc(Br)c2)c(C)o1. The molecule has 7 heteroatoms. The number of furan rings is 1. The van der Waals surface area contributed by atoms with Gasteiger partial charge < -0.3 is 4.42 Å². The first-order valence-electron chi connectivity index (χ1n) is 5.99. The Morgan fingerprint density at radius 3 is 2.55 bits per heavy atom. The van der Waals surface area contributed by atoms with Gasteiger partial charge in [0.1, 0.15) is 16.4 Å². The number of pyridine rings is 1. The Labute approximate surface area is 126 Å². The summed E-state index contributed by atoms with van der Waals surface area (Å²) in [7, 11) is -3.62. The average Bonchev–Trinajstić information content (AvgIpc) is 2.68. The lowest BCUT2D eigenvalue weighted by Gasteiger charge is -2.13. The molecule has 0 aromatic carbocycles. The van der Waals surface area contributed by atoms with E-state index in [1.807, 2.05) is 19.9 Å². The first kappa shape index (κ1) is 15.2. The molecule has 0 spiro atoms. The van der Waals surface area contributed by atoms with Gasteiger partial charge in [0.2, 0.25) is 10.0 Å². The Bertz CT molecular complexity index is 725. The summed E-state index contributed by atoms with van der Waals surface area (Å²) in [6.45, 7) is 5.42. The molecule has 0 saturated carbocycles. The van der Waals surface area contributed by atoms with E-state index in [1.165, 1.54) is 18.5 Å². The van der Waals surface area contributed by atoms with Crippen molar-refractivity contribution in [1.29, 1.82) is 0 Å². The largest absolute Gasteiger partial charge is 0.466 e. The lowest BCUT2D eigenvalue weighted by Crippen LogP contribution is -2.27. The maximum absolute atomic E-state index is 12.3. The van der Waals surface area contributed by atoms with Crippen LogP contribution in [-0.4, -0.2) is 13.4 Å². The predicted octanol–water partition coefficient (Wildman–Crippen LogP) is 3.09. The van der Waals surface area contributed by atoms with Gasteiger partial charge in [0.25, 0.3) is 0 Å². The number of nitrogens with one attached hydrogen (secondary N) is 1. The molecule has 1 unspecified atom stereocenters. The number of sulfonamides is 1. The third kappa shape index (κ3) is 3.28. The highest BCUT2D eigenvalue weighted by molar-refractivity contribution is 9.10. The number of halogens is 1. The van der Waals surface area contributed by atoms with E-state index in [0.29, 0.717) is 10.2 Å². The maximum Gasteiger partial charge on any atom is 0.242 e. The van der Waals surface area contributed by atoms with Gasteiger partial charge in [0, 0.05) is 28.5 Å². The normalized spacial score (nSPS) is 13.4. The van der Waals surface area contributed by atoms with Crippen molar-refractivity contribution in [3.8, 4) is 0 Å². The van der Waals surface area contributed by atoms with E-state index in [0.717, 1.165) is 11.3 Å². The molecule has 0 radical (unpaired) electrons. The molecule has 0 aliphatic carbocycles. The zero-order valence-corrected chi connectivity index (χ0v) is 13.7. The van der Waals surface area contributed by atoms with E-state index in [4.69, 9.17) is 4.42 Å². The number of nitrogens with zero attached hydrogens (tertiary/aromatic N) is 1. The van der Waals surface area contributed by atoms with Gasteiger partial charge in [-0.2, -0.15) is 0 Å². The molecule has 0 fully saturated rings. The van der Waals surface area contributed by atoms with Crippen LogP contribution in [0.2, 0.25) is 0 Å². The fraction of sp³-hybridized carbons (Fsp3) is 0.308. The van der Waals surface area contributed by atoms with Gasteiger partial charge >= 0.3 is 0 Å². The predicted molar refractivity (Wildman–Crippen MR) is 78.9 cm³/mol. The fourth-order valence-electron chi connectivity index (χ4n) is 1.98. The summed E-state index contributed by atoms with van der Waals surface area (Å²) < 4.78 is 33.2. The van der Waals surface area contributed by atoms with Crippen LogP contribution in [0.3, 0.4) is 0 Å². The van der Waals surface area contributed by atoms with E-state index >= 15 is 0 Å². The minimum atomic E-state index is -3.62. The second-order valence-electron chi connectivity index (χ2n) is 4.55. The molecule has 2 aromatic heterocycles. The number of hydrogen-bond acceptors (Lipinski definition) is 4. The van der Waals surface area contributed by atoms with Gasteiger partial charge in [-0.25, -0.2) is 13.1 Å². The third-order valence-corrected chi connectivity index (χ3v) is 4.81. The van der Waals surface area contributed by atoms with Gasteiger partial charge in [0.05, 0.1) is 0 Å². The topological polar surface area (TPSA) is 72.2 Å². The van der Waals surface area contributed by atoms with Crippen LogP contribution in [0.5, 0.6) is 0 Å². The Hall–Kier alpha value is -1.18. The summed E-state index contributed by atoms with van der Waals surface area (Å²) in [6, 6.07) is 2.97. The van der Waals surface area contributed by atoms with Crippen molar-refractivity contribution in [2.45, 2.75) is 31.7 Å². The van der Waals surface area contributed by atoms with Crippen LogP contribution in [0.25, 0.3) is 0 Å². The van der Waals surface area contributed by atoms with E-state index in [9.17, 15) is 8.42 Å². The van der Waals surface area contributed by atoms with Crippen LogP contribution in [-0.2, 0) is 10.0 Å². The molecule has 0 saturated heterocycles. The molecular weight excluding hydrogens is 344 g/mol. The Morgan fingerprint density at radius 2 is 2.00 bits per heavy atom. The van der Waals surface area contributed by atoms with Gasteiger partial charge in [-0.3, -0.25) is 4.98 Å². The zero-order valence-electron chi connectivity index (χ0n) is 11.3. The minimum absolute atomic E-state index is 0.122. The van der Waals surface area contributed by atoms with Crippen LogP contribution in [0, 0.1) is 13.8 Å². The number of aromatic nitrogens is 1. The molecule has 1 atom stereocenters. The van der Waals surface area contributed by atoms with Crippen molar-refractivity contribution in [3.63, 3.8) is 0 Å². The standard InChI is InChI=1S/C13H15BrN2O3S/c1-8-4-13(10(3)19-8)9(2)16-20(17,18)12-5-11(14)6-15-7-12/h4-7,9,16H,1-3H3. The maximum atomic E-state index is 12.3. The molecule has 5 nitrogen and oxygen atoms in total. The summed E-state index contributed by atoms with van der Waals surface area (Å²) in [6.07, 6.45) is 2.85. The monoisotopic (exact) mass is 358 g/mol.